The fraction of sp³-hybridized carbons (Fsp3) is 0.0769. The van der Waals surface area contributed by atoms with E-state index in [0.717, 1.165) is 12.1 Å². The number of nitrogens with one attached hydrogen (secondary N) is 1. The van der Waals surface area contributed by atoms with Crippen molar-refractivity contribution >= 4 is 27.3 Å². The van der Waals surface area contributed by atoms with E-state index in [1.54, 1.807) is 24.3 Å². The van der Waals surface area contributed by atoms with Crippen LogP contribution in [0.1, 0.15) is 5.56 Å². The monoisotopic (exact) mass is 317 g/mol. The molecule has 2 rings (SSSR count). The molecule has 0 aromatic heterocycles. The molecule has 0 fully saturated rings. The molecule has 3 nitrogen and oxygen atoms in total. The van der Waals surface area contributed by atoms with E-state index in [-0.39, 0.29) is 11.4 Å². The Hall–Kier alpha value is -1.66. The van der Waals surface area contributed by atoms with Crippen LogP contribution in [0.3, 0.4) is 0 Å². The molecular weight excluding hydrogens is 308 g/mol. The molecule has 0 spiro atoms. The Labute approximate surface area is 120 Å². The zero-order valence-corrected chi connectivity index (χ0v) is 11.7. The molecule has 0 atom stereocenters. The van der Waals surface area contributed by atoms with Crippen molar-refractivity contribution in [3.05, 3.63) is 64.7 Å². The van der Waals surface area contributed by atoms with Crippen LogP contribution in [0.2, 0.25) is 5.02 Å². The molecule has 0 radical (unpaired) electrons. The van der Waals surface area contributed by atoms with E-state index in [1.165, 1.54) is 0 Å². The van der Waals surface area contributed by atoms with Crippen LogP contribution in [-0.4, -0.2) is 8.42 Å². The second-order valence-electron chi connectivity index (χ2n) is 4.15. The lowest BCUT2D eigenvalue weighted by atomic mass is 10.2. The quantitative estimate of drug-likeness (QED) is 0.937. The molecule has 0 aliphatic carbocycles. The molecule has 0 aliphatic rings. The molecule has 2 aromatic rings. The minimum Gasteiger partial charge on any atom is -0.283 e. The van der Waals surface area contributed by atoms with Crippen molar-refractivity contribution in [3.8, 4) is 0 Å². The van der Waals surface area contributed by atoms with Gasteiger partial charge in [0, 0.05) is 11.1 Å². The van der Waals surface area contributed by atoms with Gasteiger partial charge in [-0.05, 0) is 29.8 Å². The van der Waals surface area contributed by atoms with Crippen LogP contribution in [0.25, 0.3) is 0 Å². The number of halogens is 3. The lowest BCUT2D eigenvalue weighted by molar-refractivity contribution is 0.584. The van der Waals surface area contributed by atoms with E-state index < -0.39 is 21.7 Å². The maximum absolute atomic E-state index is 13.0. The van der Waals surface area contributed by atoms with Crippen molar-refractivity contribution in [2.24, 2.45) is 0 Å². The van der Waals surface area contributed by atoms with Crippen LogP contribution < -0.4 is 4.72 Å². The second kappa shape index (κ2) is 5.76. The SMILES string of the molecule is O=S(=O)(Cc1ccc(Cl)cc1)Nc1cc(F)cc(F)c1. The molecule has 1 N–H and O–H groups in total. The molecule has 0 amide bonds. The van der Waals surface area contributed by atoms with Gasteiger partial charge in [0.25, 0.3) is 0 Å². The van der Waals surface area contributed by atoms with Gasteiger partial charge in [-0.15, -0.1) is 0 Å². The van der Waals surface area contributed by atoms with Gasteiger partial charge in [0.05, 0.1) is 11.4 Å². The Bertz CT molecular complexity index is 697. The first-order valence-electron chi connectivity index (χ1n) is 5.55. The first-order chi connectivity index (χ1) is 9.34. The zero-order chi connectivity index (χ0) is 14.8. The number of rotatable bonds is 4. The molecule has 7 heteroatoms. The highest BCUT2D eigenvalue weighted by Crippen LogP contribution is 2.17. The summed E-state index contributed by atoms with van der Waals surface area (Å²) in [6.07, 6.45) is 0. The summed E-state index contributed by atoms with van der Waals surface area (Å²) in [7, 11) is -3.76. The summed E-state index contributed by atoms with van der Waals surface area (Å²) in [4.78, 5) is 0. The number of hydrogen-bond donors (Lipinski definition) is 1. The van der Waals surface area contributed by atoms with Crippen LogP contribution >= 0.6 is 11.6 Å². The van der Waals surface area contributed by atoms with Crippen molar-refractivity contribution in [1.82, 2.24) is 0 Å². The average molecular weight is 318 g/mol. The normalized spacial score (nSPS) is 11.3. The van der Waals surface area contributed by atoms with Gasteiger partial charge in [-0.25, -0.2) is 17.2 Å². The standard InChI is InChI=1S/C13H10ClF2NO2S/c14-10-3-1-9(2-4-10)8-20(18,19)17-13-6-11(15)5-12(16)7-13/h1-7,17H,8H2. The Morgan fingerprint density at radius 2 is 1.55 bits per heavy atom. The molecule has 106 valence electrons. The van der Waals surface area contributed by atoms with Gasteiger partial charge < -0.3 is 0 Å². The third kappa shape index (κ3) is 4.18. The van der Waals surface area contributed by atoms with E-state index in [9.17, 15) is 17.2 Å². The van der Waals surface area contributed by atoms with E-state index in [4.69, 9.17) is 11.6 Å². The maximum Gasteiger partial charge on any atom is 0.236 e. The van der Waals surface area contributed by atoms with E-state index in [1.807, 2.05) is 0 Å². The number of anilines is 1. The molecule has 0 saturated heterocycles. The molecule has 0 saturated carbocycles. The number of hydrogen-bond acceptors (Lipinski definition) is 2. The van der Waals surface area contributed by atoms with Crippen LogP contribution in [0.15, 0.2) is 42.5 Å². The van der Waals surface area contributed by atoms with Crippen LogP contribution in [-0.2, 0) is 15.8 Å². The smallest absolute Gasteiger partial charge is 0.236 e. The summed E-state index contributed by atoms with van der Waals surface area (Å²) in [5.41, 5.74) is 0.357. The third-order valence-electron chi connectivity index (χ3n) is 2.41. The summed E-state index contributed by atoms with van der Waals surface area (Å²) < 4.78 is 51.9. The van der Waals surface area contributed by atoms with Crippen molar-refractivity contribution in [2.75, 3.05) is 4.72 Å². The van der Waals surface area contributed by atoms with Crippen molar-refractivity contribution in [2.45, 2.75) is 5.75 Å². The van der Waals surface area contributed by atoms with E-state index in [0.29, 0.717) is 16.7 Å². The molecule has 0 aliphatic heterocycles. The fourth-order valence-corrected chi connectivity index (χ4v) is 2.93. The summed E-state index contributed by atoms with van der Waals surface area (Å²) in [6.45, 7) is 0. The Balaban J connectivity index is 2.16. The largest absolute Gasteiger partial charge is 0.283 e. The third-order valence-corrected chi connectivity index (χ3v) is 3.92. The Kier molecular flexibility index (Phi) is 4.25. The molecule has 0 unspecified atom stereocenters. The van der Waals surface area contributed by atoms with Crippen molar-refractivity contribution in [1.29, 1.82) is 0 Å². The van der Waals surface area contributed by atoms with Crippen LogP contribution in [0, 0.1) is 11.6 Å². The molecule has 0 heterocycles. The highest BCUT2D eigenvalue weighted by Gasteiger charge is 2.13. The maximum atomic E-state index is 13.0. The zero-order valence-electron chi connectivity index (χ0n) is 10.1. The topological polar surface area (TPSA) is 46.2 Å². The van der Waals surface area contributed by atoms with Crippen LogP contribution in [0.4, 0.5) is 14.5 Å². The lowest BCUT2D eigenvalue weighted by Gasteiger charge is -2.08. The van der Waals surface area contributed by atoms with Gasteiger partial charge in [-0.2, -0.15) is 0 Å². The highest BCUT2D eigenvalue weighted by atomic mass is 35.5. The summed E-state index contributed by atoms with van der Waals surface area (Å²) >= 11 is 5.70. The highest BCUT2D eigenvalue weighted by molar-refractivity contribution is 7.91. The van der Waals surface area contributed by atoms with Gasteiger partial charge in [-0.1, -0.05) is 23.7 Å². The molecule has 20 heavy (non-hydrogen) atoms. The van der Waals surface area contributed by atoms with E-state index in [2.05, 4.69) is 4.72 Å². The van der Waals surface area contributed by atoms with Crippen molar-refractivity contribution in [3.63, 3.8) is 0 Å². The minimum atomic E-state index is -3.76. The number of benzene rings is 2. The minimum absolute atomic E-state index is 0.156. The first kappa shape index (κ1) is 14.7. The van der Waals surface area contributed by atoms with Gasteiger partial charge in [0.2, 0.25) is 10.0 Å². The lowest BCUT2D eigenvalue weighted by Crippen LogP contribution is -2.15. The second-order valence-corrected chi connectivity index (χ2v) is 6.30. The predicted molar refractivity (Wildman–Crippen MR) is 74.1 cm³/mol. The summed E-state index contributed by atoms with van der Waals surface area (Å²) in [5.74, 6) is -2.02. The Morgan fingerprint density at radius 1 is 1.00 bits per heavy atom. The fourth-order valence-electron chi connectivity index (χ4n) is 1.63. The first-order valence-corrected chi connectivity index (χ1v) is 7.58. The predicted octanol–water partition coefficient (Wildman–Crippen LogP) is 3.56. The summed E-state index contributed by atoms with van der Waals surface area (Å²) in [6, 6.07) is 8.73. The number of sulfonamides is 1. The van der Waals surface area contributed by atoms with Crippen LogP contribution in [0.5, 0.6) is 0 Å². The summed E-state index contributed by atoms with van der Waals surface area (Å²) in [5, 5.41) is 0.492. The molecular formula is C13H10ClF2NO2S. The molecule has 0 bridgehead atoms. The van der Waals surface area contributed by atoms with E-state index >= 15 is 0 Å². The van der Waals surface area contributed by atoms with Gasteiger partial charge in [0.1, 0.15) is 11.6 Å². The average Bonchev–Trinajstić information content (AvgIpc) is 2.29. The van der Waals surface area contributed by atoms with Gasteiger partial charge in [-0.3, -0.25) is 4.72 Å². The van der Waals surface area contributed by atoms with Crippen molar-refractivity contribution < 1.29 is 17.2 Å². The molecule has 2 aromatic carbocycles. The van der Waals surface area contributed by atoms with Gasteiger partial charge in [0.15, 0.2) is 0 Å². The van der Waals surface area contributed by atoms with Gasteiger partial charge >= 0.3 is 0 Å². The Morgan fingerprint density at radius 3 is 2.10 bits per heavy atom.